The van der Waals surface area contributed by atoms with Crippen molar-refractivity contribution in [2.24, 2.45) is 0 Å². The third kappa shape index (κ3) is 8.08. The molecule has 0 unspecified atom stereocenters. The zero-order chi connectivity index (χ0) is 29.7. The zero-order valence-electron chi connectivity index (χ0n) is 24.5. The number of hydrogen-bond acceptors (Lipinski definition) is 5. The Morgan fingerprint density at radius 3 is 1.88 bits per heavy atom. The summed E-state index contributed by atoms with van der Waals surface area (Å²) in [6, 6.07) is 11.7. The van der Waals surface area contributed by atoms with Gasteiger partial charge in [-0.05, 0) is 87.8 Å². The summed E-state index contributed by atoms with van der Waals surface area (Å²) >= 11 is 0. The van der Waals surface area contributed by atoms with Crippen LogP contribution in [0.1, 0.15) is 74.6 Å². The standard InChI is InChI=1S/C32H38F2N2O5.Na/c1-20(2)36-27(15-14-25(37)18-26(38)19-28(39)40)29(21-6-10-23(33)11-7-21)30(22-8-12-24(34)13-9-22)31(36)32(41)35-16-4-3-5-17-35;/h6-13,20,25-26,37-38H,3-5,14-19H2,1-2H3,(H,39,40);/q;+1/p-1/t25-,26-;/m1./s1. The first-order valence-electron chi connectivity index (χ1n) is 14.2. The van der Waals surface area contributed by atoms with Crippen LogP contribution in [0.2, 0.25) is 0 Å². The van der Waals surface area contributed by atoms with Gasteiger partial charge in [0, 0.05) is 48.3 Å². The van der Waals surface area contributed by atoms with Crippen molar-refractivity contribution in [3.05, 3.63) is 71.6 Å². The van der Waals surface area contributed by atoms with Crippen LogP contribution in [0.25, 0.3) is 22.3 Å². The first-order valence-corrected chi connectivity index (χ1v) is 14.2. The number of rotatable bonds is 11. The van der Waals surface area contributed by atoms with Gasteiger partial charge < -0.3 is 29.6 Å². The van der Waals surface area contributed by atoms with Gasteiger partial charge in [-0.25, -0.2) is 8.78 Å². The molecule has 7 nitrogen and oxygen atoms in total. The second-order valence-corrected chi connectivity index (χ2v) is 11.0. The number of benzene rings is 2. The Morgan fingerprint density at radius 2 is 1.38 bits per heavy atom. The minimum atomic E-state index is -1.40. The average Bonchev–Trinajstić information content (AvgIpc) is 3.27. The Balaban J connectivity index is 0.00000484. The molecule has 1 saturated heterocycles. The molecule has 1 fully saturated rings. The number of amides is 1. The zero-order valence-corrected chi connectivity index (χ0v) is 26.5. The van der Waals surface area contributed by atoms with Gasteiger partial charge in [-0.1, -0.05) is 24.3 Å². The minimum Gasteiger partial charge on any atom is -0.550 e. The largest absolute Gasteiger partial charge is 1.00 e. The molecule has 3 aromatic rings. The van der Waals surface area contributed by atoms with Gasteiger partial charge in [-0.2, -0.15) is 0 Å². The summed E-state index contributed by atoms with van der Waals surface area (Å²) in [5, 5.41) is 31.6. The van der Waals surface area contributed by atoms with Crippen molar-refractivity contribution in [2.75, 3.05) is 13.1 Å². The van der Waals surface area contributed by atoms with E-state index in [1.165, 1.54) is 24.3 Å². The van der Waals surface area contributed by atoms with Crippen molar-refractivity contribution in [3.8, 4) is 22.3 Å². The molecule has 2 atom stereocenters. The van der Waals surface area contributed by atoms with E-state index in [0.29, 0.717) is 41.0 Å². The number of aromatic nitrogens is 1. The van der Waals surface area contributed by atoms with Crippen LogP contribution in [0.4, 0.5) is 8.78 Å². The molecule has 0 bridgehead atoms. The first-order chi connectivity index (χ1) is 19.6. The van der Waals surface area contributed by atoms with E-state index in [1.807, 2.05) is 23.3 Å². The molecule has 2 aromatic carbocycles. The van der Waals surface area contributed by atoms with E-state index in [1.54, 1.807) is 24.3 Å². The average molecular weight is 591 g/mol. The maximum absolute atomic E-state index is 14.3. The molecule has 1 aliphatic heterocycles. The number of carbonyl (C=O) groups excluding carboxylic acids is 2. The number of piperidine rings is 1. The molecular formula is C32H37F2N2NaO5. The third-order valence-electron chi connectivity index (χ3n) is 7.60. The van der Waals surface area contributed by atoms with E-state index < -0.39 is 36.2 Å². The predicted octanol–water partition coefficient (Wildman–Crippen LogP) is 1.50. The van der Waals surface area contributed by atoms with E-state index >= 15 is 0 Å². The Bertz CT molecular complexity index is 1350. The molecule has 0 saturated carbocycles. The van der Waals surface area contributed by atoms with Gasteiger partial charge in [0.25, 0.3) is 5.91 Å². The summed E-state index contributed by atoms with van der Waals surface area (Å²) in [7, 11) is 0. The van der Waals surface area contributed by atoms with Crippen molar-refractivity contribution in [2.45, 2.75) is 77.0 Å². The number of aliphatic hydroxyl groups excluding tert-OH is 2. The summed E-state index contributed by atoms with van der Waals surface area (Å²) in [5.41, 5.74) is 3.79. The van der Waals surface area contributed by atoms with Gasteiger partial charge in [0.1, 0.15) is 17.3 Å². The van der Waals surface area contributed by atoms with Gasteiger partial charge in [-0.15, -0.1) is 0 Å². The van der Waals surface area contributed by atoms with Gasteiger partial charge in [0.15, 0.2) is 0 Å². The Kier molecular flexibility index (Phi) is 12.3. The normalized spacial score (nSPS) is 14.9. The van der Waals surface area contributed by atoms with Crippen LogP contribution >= 0.6 is 0 Å². The van der Waals surface area contributed by atoms with E-state index in [9.17, 15) is 33.7 Å². The number of nitrogens with zero attached hydrogens (tertiary/aromatic N) is 2. The van der Waals surface area contributed by atoms with E-state index in [-0.39, 0.29) is 60.8 Å². The van der Waals surface area contributed by atoms with Crippen LogP contribution in [0, 0.1) is 11.6 Å². The van der Waals surface area contributed by atoms with E-state index in [4.69, 9.17) is 0 Å². The second-order valence-electron chi connectivity index (χ2n) is 11.0. The Labute approximate surface area is 267 Å². The smallest absolute Gasteiger partial charge is 0.550 e. The molecule has 1 aromatic heterocycles. The van der Waals surface area contributed by atoms with E-state index in [0.717, 1.165) is 25.0 Å². The summed E-state index contributed by atoms with van der Waals surface area (Å²) < 4.78 is 30.0. The topological polar surface area (TPSA) is 106 Å². The molecule has 0 aliphatic carbocycles. The molecule has 42 heavy (non-hydrogen) atoms. The number of hydrogen-bond donors (Lipinski definition) is 2. The maximum atomic E-state index is 14.3. The molecule has 220 valence electrons. The number of carboxylic acids is 1. The monoisotopic (exact) mass is 590 g/mol. The number of carboxylic acid groups (broad SMARTS) is 1. The molecular weight excluding hydrogens is 553 g/mol. The number of likely N-dealkylation sites (tertiary alicyclic amines) is 1. The SMILES string of the molecule is CC(C)n1c(CC[C@@H](O)C[C@@H](O)CC(=O)[O-])c(-c2ccc(F)cc2)c(-c2ccc(F)cc2)c1C(=O)N1CCCCC1.[Na+]. The van der Waals surface area contributed by atoms with Crippen LogP contribution in [0.3, 0.4) is 0 Å². The Morgan fingerprint density at radius 1 is 0.857 bits per heavy atom. The van der Waals surface area contributed by atoms with Crippen LogP contribution in [-0.4, -0.2) is 56.9 Å². The summed E-state index contributed by atoms with van der Waals surface area (Å²) in [4.78, 5) is 27.0. The third-order valence-corrected chi connectivity index (χ3v) is 7.60. The fourth-order valence-corrected chi connectivity index (χ4v) is 5.75. The quantitative estimate of drug-likeness (QED) is 0.330. The molecule has 2 heterocycles. The van der Waals surface area contributed by atoms with Gasteiger partial charge in [-0.3, -0.25) is 4.79 Å². The van der Waals surface area contributed by atoms with Crippen molar-refractivity contribution < 1.29 is 63.2 Å². The molecule has 0 radical (unpaired) electrons. The van der Waals surface area contributed by atoms with Crippen molar-refractivity contribution in [1.29, 1.82) is 0 Å². The molecule has 4 rings (SSSR count). The Hall–Kier alpha value is -2.56. The van der Waals surface area contributed by atoms with Gasteiger partial charge in [0.05, 0.1) is 12.2 Å². The fraction of sp³-hybridized carbons (Fsp3) is 0.438. The van der Waals surface area contributed by atoms with Crippen LogP contribution in [0.15, 0.2) is 48.5 Å². The van der Waals surface area contributed by atoms with Gasteiger partial charge >= 0.3 is 29.6 Å². The second kappa shape index (κ2) is 15.3. The molecule has 1 amide bonds. The van der Waals surface area contributed by atoms with E-state index in [2.05, 4.69) is 0 Å². The maximum Gasteiger partial charge on any atom is 1.00 e. The molecule has 1 aliphatic rings. The number of halogens is 2. The number of aliphatic carboxylic acids is 1. The number of aliphatic hydroxyl groups is 2. The van der Waals surface area contributed by atoms with Crippen LogP contribution in [-0.2, 0) is 11.2 Å². The van der Waals surface area contributed by atoms with Crippen molar-refractivity contribution >= 4 is 11.9 Å². The van der Waals surface area contributed by atoms with Crippen molar-refractivity contribution in [3.63, 3.8) is 0 Å². The number of carbonyl (C=O) groups is 2. The van der Waals surface area contributed by atoms with Gasteiger partial charge in [0.2, 0.25) is 0 Å². The predicted molar refractivity (Wildman–Crippen MR) is 150 cm³/mol. The first kappa shape index (κ1) is 33.9. The summed E-state index contributed by atoms with van der Waals surface area (Å²) in [6.45, 7) is 5.17. The summed E-state index contributed by atoms with van der Waals surface area (Å²) in [6.07, 6.45) is 0.312. The van der Waals surface area contributed by atoms with Crippen LogP contribution in [0.5, 0.6) is 0 Å². The molecule has 0 spiro atoms. The molecule has 2 N–H and O–H groups in total. The van der Waals surface area contributed by atoms with Crippen LogP contribution < -0.4 is 34.7 Å². The summed E-state index contributed by atoms with van der Waals surface area (Å²) in [5.74, 6) is -2.37. The van der Waals surface area contributed by atoms with Crippen molar-refractivity contribution in [1.82, 2.24) is 9.47 Å². The fourth-order valence-electron chi connectivity index (χ4n) is 5.75. The molecule has 10 heteroatoms. The minimum absolute atomic E-state index is 0.